The van der Waals surface area contributed by atoms with Crippen molar-refractivity contribution in [3.05, 3.63) is 29.9 Å². The summed E-state index contributed by atoms with van der Waals surface area (Å²) in [5, 5.41) is 5.57. The highest BCUT2D eigenvalue weighted by Gasteiger charge is 2.29. The molecule has 0 bridgehead atoms. The molecule has 0 radical (unpaired) electrons. The standard InChI is InChI=1S/C23H27N5O4S/c1-13-24-19-17(30-5)10-15(11-18(19)31-13)20-26-28-12-16(25-21(28)33-20)14-6-8-27(9-7-14)22(29)32-23(2,3)4/h10-12,14H,6-9H2,1-5H3. The Morgan fingerprint density at radius 3 is 2.64 bits per heavy atom. The van der Waals surface area contributed by atoms with Crippen LogP contribution in [-0.2, 0) is 4.74 Å². The Hall–Kier alpha value is -3.14. The van der Waals surface area contributed by atoms with E-state index in [1.807, 2.05) is 50.5 Å². The number of imidazole rings is 1. The van der Waals surface area contributed by atoms with E-state index in [1.54, 1.807) is 12.0 Å². The zero-order chi connectivity index (χ0) is 23.3. The first kappa shape index (κ1) is 21.7. The number of aromatic nitrogens is 4. The topological polar surface area (TPSA) is 95.0 Å². The van der Waals surface area contributed by atoms with Crippen molar-refractivity contribution >= 4 is 33.5 Å². The normalized spacial score (nSPS) is 15.5. The molecule has 1 aromatic carbocycles. The summed E-state index contributed by atoms with van der Waals surface area (Å²) >= 11 is 1.52. The van der Waals surface area contributed by atoms with E-state index in [1.165, 1.54) is 11.3 Å². The van der Waals surface area contributed by atoms with Crippen LogP contribution in [0.5, 0.6) is 5.75 Å². The van der Waals surface area contributed by atoms with Gasteiger partial charge in [-0.2, -0.15) is 5.10 Å². The van der Waals surface area contributed by atoms with Crippen molar-refractivity contribution in [3.8, 4) is 16.3 Å². The number of carbonyl (C=O) groups excluding carboxylic acids is 1. The van der Waals surface area contributed by atoms with E-state index in [0.29, 0.717) is 41.7 Å². The quantitative estimate of drug-likeness (QED) is 0.415. The molecule has 0 unspecified atom stereocenters. The van der Waals surface area contributed by atoms with E-state index in [-0.39, 0.29) is 6.09 Å². The average molecular weight is 470 g/mol. The number of hydrogen-bond acceptors (Lipinski definition) is 8. The summed E-state index contributed by atoms with van der Waals surface area (Å²) in [5.74, 6) is 1.55. The van der Waals surface area contributed by atoms with Crippen molar-refractivity contribution in [1.29, 1.82) is 0 Å². The van der Waals surface area contributed by atoms with Gasteiger partial charge in [0, 0.05) is 31.5 Å². The minimum atomic E-state index is -0.480. The van der Waals surface area contributed by atoms with E-state index in [0.717, 1.165) is 34.1 Å². The largest absolute Gasteiger partial charge is 0.494 e. The van der Waals surface area contributed by atoms with E-state index in [2.05, 4.69) is 4.98 Å². The summed E-state index contributed by atoms with van der Waals surface area (Å²) in [5.41, 5.74) is 2.82. The van der Waals surface area contributed by atoms with Crippen LogP contribution in [0.1, 0.15) is 51.1 Å². The summed E-state index contributed by atoms with van der Waals surface area (Å²) in [6.07, 6.45) is 3.47. The van der Waals surface area contributed by atoms with Crippen LogP contribution < -0.4 is 4.74 Å². The van der Waals surface area contributed by atoms with Crippen molar-refractivity contribution < 1.29 is 18.7 Å². The zero-order valence-corrected chi connectivity index (χ0v) is 20.2. The molecule has 1 saturated heterocycles. The number of fused-ring (bicyclic) bond motifs is 2. The van der Waals surface area contributed by atoms with Gasteiger partial charge in [0.15, 0.2) is 17.0 Å². The third-order valence-corrected chi connectivity index (χ3v) is 6.63. The maximum Gasteiger partial charge on any atom is 0.410 e. The second kappa shape index (κ2) is 8.02. The Morgan fingerprint density at radius 1 is 1.21 bits per heavy atom. The second-order valence-corrected chi connectivity index (χ2v) is 10.3. The third-order valence-electron chi connectivity index (χ3n) is 5.66. The number of likely N-dealkylation sites (tertiary alicyclic amines) is 1. The molecule has 1 amide bonds. The van der Waals surface area contributed by atoms with Gasteiger partial charge in [0.1, 0.15) is 16.4 Å². The molecule has 0 N–H and O–H groups in total. The van der Waals surface area contributed by atoms with E-state index >= 15 is 0 Å². The SMILES string of the molecule is COc1cc(-c2nn3cc(C4CCN(C(=O)OC(C)(C)C)CC4)nc3s2)cc2oc(C)nc12. The highest BCUT2D eigenvalue weighted by molar-refractivity contribution is 7.19. The van der Waals surface area contributed by atoms with Crippen molar-refractivity contribution in [3.63, 3.8) is 0 Å². The van der Waals surface area contributed by atoms with Gasteiger partial charge in [-0.15, -0.1) is 0 Å². The van der Waals surface area contributed by atoms with Crippen LogP contribution >= 0.6 is 11.3 Å². The molecule has 0 aliphatic carbocycles. The third kappa shape index (κ3) is 4.27. The number of carbonyl (C=O) groups is 1. The summed E-state index contributed by atoms with van der Waals surface area (Å²) < 4.78 is 18.5. The average Bonchev–Trinajstić information content (AvgIpc) is 3.43. The van der Waals surface area contributed by atoms with Crippen LogP contribution in [0.4, 0.5) is 4.79 Å². The van der Waals surface area contributed by atoms with Crippen molar-refractivity contribution in [2.24, 2.45) is 0 Å². The van der Waals surface area contributed by atoms with Gasteiger partial charge in [-0.05, 0) is 45.7 Å². The van der Waals surface area contributed by atoms with Gasteiger partial charge in [-0.3, -0.25) is 0 Å². The number of nitrogens with zero attached hydrogens (tertiary/aromatic N) is 5. The van der Waals surface area contributed by atoms with E-state index in [4.69, 9.17) is 24.0 Å². The molecule has 4 aromatic rings. The zero-order valence-electron chi connectivity index (χ0n) is 19.4. The Balaban J connectivity index is 1.33. The summed E-state index contributed by atoms with van der Waals surface area (Å²) in [7, 11) is 1.62. The molecule has 33 heavy (non-hydrogen) atoms. The molecule has 1 aliphatic heterocycles. The molecule has 1 fully saturated rings. The second-order valence-electron chi connectivity index (χ2n) is 9.30. The lowest BCUT2D eigenvalue weighted by molar-refractivity contribution is 0.0204. The van der Waals surface area contributed by atoms with Crippen molar-refractivity contribution in [1.82, 2.24) is 24.5 Å². The number of aryl methyl sites for hydroxylation is 1. The van der Waals surface area contributed by atoms with Crippen LogP contribution in [0.2, 0.25) is 0 Å². The smallest absolute Gasteiger partial charge is 0.410 e. The van der Waals surface area contributed by atoms with E-state index in [9.17, 15) is 4.79 Å². The number of benzene rings is 1. The molecule has 174 valence electrons. The highest BCUT2D eigenvalue weighted by Crippen LogP contribution is 2.35. The van der Waals surface area contributed by atoms with E-state index < -0.39 is 5.60 Å². The highest BCUT2D eigenvalue weighted by atomic mass is 32.1. The number of hydrogen-bond donors (Lipinski definition) is 0. The summed E-state index contributed by atoms with van der Waals surface area (Å²) in [6.45, 7) is 8.81. The number of rotatable bonds is 3. The molecule has 3 aromatic heterocycles. The first-order valence-electron chi connectivity index (χ1n) is 11.0. The van der Waals surface area contributed by atoms with Crippen molar-refractivity contribution in [2.75, 3.05) is 20.2 Å². The number of oxazole rings is 1. The number of ether oxygens (including phenoxy) is 2. The Kier molecular flexibility index (Phi) is 5.27. The molecule has 4 heterocycles. The molecular weight excluding hydrogens is 442 g/mol. The minimum Gasteiger partial charge on any atom is -0.494 e. The maximum absolute atomic E-state index is 12.3. The Bertz CT molecular complexity index is 1290. The summed E-state index contributed by atoms with van der Waals surface area (Å²) in [4.78, 5) is 24.2. The molecule has 0 atom stereocenters. The van der Waals surface area contributed by atoms with Crippen LogP contribution in [0.15, 0.2) is 22.7 Å². The van der Waals surface area contributed by atoms with Crippen LogP contribution in [-0.4, -0.2) is 56.4 Å². The van der Waals surface area contributed by atoms with Gasteiger partial charge in [0.05, 0.1) is 19.0 Å². The lowest BCUT2D eigenvalue weighted by Gasteiger charge is -2.32. The van der Waals surface area contributed by atoms with Gasteiger partial charge in [0.2, 0.25) is 4.96 Å². The number of piperidine rings is 1. The van der Waals surface area contributed by atoms with Crippen LogP contribution in [0.25, 0.3) is 26.6 Å². The molecule has 0 spiro atoms. The Morgan fingerprint density at radius 2 is 1.97 bits per heavy atom. The first-order chi connectivity index (χ1) is 15.7. The van der Waals surface area contributed by atoms with Gasteiger partial charge < -0.3 is 18.8 Å². The van der Waals surface area contributed by atoms with Crippen molar-refractivity contribution in [2.45, 2.75) is 52.1 Å². The first-order valence-corrected chi connectivity index (χ1v) is 11.8. The predicted molar refractivity (Wildman–Crippen MR) is 125 cm³/mol. The molecular formula is C23H27N5O4S. The van der Waals surface area contributed by atoms with Gasteiger partial charge in [0.25, 0.3) is 0 Å². The predicted octanol–water partition coefficient (Wildman–Crippen LogP) is 5.03. The molecule has 1 aliphatic rings. The summed E-state index contributed by atoms with van der Waals surface area (Å²) in [6, 6.07) is 3.86. The Labute approximate surface area is 195 Å². The minimum absolute atomic E-state index is 0.243. The lowest BCUT2D eigenvalue weighted by Crippen LogP contribution is -2.41. The monoisotopic (exact) mass is 469 g/mol. The maximum atomic E-state index is 12.3. The molecule has 9 nitrogen and oxygen atoms in total. The molecule has 5 rings (SSSR count). The van der Waals surface area contributed by atoms with Gasteiger partial charge >= 0.3 is 6.09 Å². The fourth-order valence-corrected chi connectivity index (χ4v) is 4.98. The van der Waals surface area contributed by atoms with Gasteiger partial charge in [-0.25, -0.2) is 19.3 Å². The molecule has 0 saturated carbocycles. The lowest BCUT2D eigenvalue weighted by atomic mass is 9.94. The number of amides is 1. The molecule has 10 heteroatoms. The van der Waals surface area contributed by atoms with Crippen LogP contribution in [0, 0.1) is 6.92 Å². The van der Waals surface area contributed by atoms with Gasteiger partial charge in [-0.1, -0.05) is 11.3 Å². The fraction of sp³-hybridized carbons (Fsp3) is 0.478. The number of methoxy groups -OCH3 is 1. The van der Waals surface area contributed by atoms with Crippen LogP contribution in [0.3, 0.4) is 0 Å². The fourth-order valence-electron chi connectivity index (χ4n) is 4.10.